The molecule has 0 aliphatic carbocycles. The molecule has 1 N–H and O–H groups in total. The molecule has 1 heterocycles. The molecular weight excluding hydrogens is 285 g/mol. The minimum absolute atomic E-state index is 0.147. The summed E-state index contributed by atoms with van der Waals surface area (Å²) in [6.45, 7) is 9.76. The summed E-state index contributed by atoms with van der Waals surface area (Å²) in [5.41, 5.74) is 0.295. The summed E-state index contributed by atoms with van der Waals surface area (Å²) >= 11 is 12.2. The second kappa shape index (κ2) is 6.00. The molecule has 1 aliphatic rings. The van der Waals surface area contributed by atoms with Crippen LogP contribution in [0.3, 0.4) is 0 Å². The summed E-state index contributed by atoms with van der Waals surface area (Å²) in [6.07, 6.45) is 3.44. The Kier molecular flexibility index (Phi) is 5.59. The molecular formula is C13H27Cl2NOSi. The Bertz CT molecular complexity index is 261. The van der Waals surface area contributed by atoms with E-state index in [0.717, 1.165) is 31.9 Å². The van der Waals surface area contributed by atoms with Gasteiger partial charge in [0.05, 0.1) is 6.10 Å². The van der Waals surface area contributed by atoms with Gasteiger partial charge >= 0.3 is 0 Å². The number of rotatable bonds is 5. The summed E-state index contributed by atoms with van der Waals surface area (Å²) in [5, 5.41) is 3.66. The van der Waals surface area contributed by atoms with Gasteiger partial charge in [0.25, 0.3) is 0 Å². The van der Waals surface area contributed by atoms with E-state index >= 15 is 0 Å². The van der Waals surface area contributed by atoms with Crippen molar-refractivity contribution in [2.75, 3.05) is 6.61 Å². The van der Waals surface area contributed by atoms with Gasteiger partial charge in [0.1, 0.15) is 0 Å². The van der Waals surface area contributed by atoms with Gasteiger partial charge < -0.3 is 10.1 Å². The Morgan fingerprint density at radius 3 is 2.11 bits per heavy atom. The van der Waals surface area contributed by atoms with Gasteiger partial charge in [-0.3, -0.25) is 0 Å². The lowest BCUT2D eigenvalue weighted by Gasteiger charge is -2.46. The summed E-state index contributed by atoms with van der Waals surface area (Å²) in [5.74, 6) is 0. The fourth-order valence-corrected chi connectivity index (χ4v) is 4.55. The number of hydrogen-bond donors (Lipinski definition) is 1. The number of hydrogen-bond acceptors (Lipinski definition) is 2. The second-order valence-electron chi connectivity index (χ2n) is 6.97. The highest BCUT2D eigenvalue weighted by Crippen LogP contribution is 2.30. The zero-order chi connectivity index (χ0) is 14.0. The van der Waals surface area contributed by atoms with E-state index in [1.165, 1.54) is 0 Å². The van der Waals surface area contributed by atoms with Crippen LogP contribution in [0, 0.1) is 0 Å². The smallest absolute Gasteiger partial charge is 0.248 e. The molecule has 0 aromatic rings. The lowest BCUT2D eigenvalue weighted by Crippen LogP contribution is -2.59. The van der Waals surface area contributed by atoms with Crippen LogP contribution in [0.5, 0.6) is 0 Å². The second-order valence-corrected chi connectivity index (χ2v) is 15.2. The predicted molar refractivity (Wildman–Crippen MR) is 83.0 cm³/mol. The summed E-state index contributed by atoms with van der Waals surface area (Å²) in [7, 11) is 0. The van der Waals surface area contributed by atoms with E-state index in [2.05, 4.69) is 33.0 Å². The molecule has 0 aromatic carbocycles. The standard InChI is InChI=1S/C13H27Cl2NOSi/c1-12(2)9-11(10-13(3,4)16-12)17-7-6-8-18(5,14)15/h11,16H,6-10H2,1-5H3. The van der Waals surface area contributed by atoms with Crippen molar-refractivity contribution in [1.29, 1.82) is 0 Å². The third-order valence-corrected chi connectivity index (χ3v) is 5.63. The highest BCUT2D eigenvalue weighted by molar-refractivity contribution is 7.44. The Labute approximate surface area is 122 Å². The van der Waals surface area contributed by atoms with E-state index in [1.807, 2.05) is 6.55 Å². The van der Waals surface area contributed by atoms with E-state index in [1.54, 1.807) is 0 Å². The highest BCUT2D eigenvalue weighted by atomic mass is 35.7. The number of nitrogens with one attached hydrogen (secondary N) is 1. The van der Waals surface area contributed by atoms with Gasteiger partial charge in [-0.15, -0.1) is 22.2 Å². The molecule has 1 fully saturated rings. The fraction of sp³-hybridized carbons (Fsp3) is 1.00. The first kappa shape index (κ1) is 16.8. The first-order valence-corrected chi connectivity index (χ1v) is 11.5. The third kappa shape index (κ3) is 6.76. The van der Waals surface area contributed by atoms with Crippen molar-refractivity contribution >= 4 is 28.9 Å². The zero-order valence-electron chi connectivity index (χ0n) is 12.3. The maximum Gasteiger partial charge on any atom is 0.248 e. The summed E-state index contributed by atoms with van der Waals surface area (Å²) in [4.78, 5) is 0. The molecule has 18 heavy (non-hydrogen) atoms. The number of halogens is 2. The van der Waals surface area contributed by atoms with Crippen LogP contribution >= 0.6 is 22.2 Å². The molecule has 0 radical (unpaired) electrons. The molecule has 108 valence electrons. The van der Waals surface area contributed by atoms with Crippen molar-refractivity contribution in [2.24, 2.45) is 0 Å². The normalized spacial score (nSPS) is 24.2. The van der Waals surface area contributed by atoms with Crippen LogP contribution in [-0.4, -0.2) is 30.5 Å². The Hall–Kier alpha value is 0.717. The first-order chi connectivity index (χ1) is 7.99. The van der Waals surface area contributed by atoms with Gasteiger partial charge in [0.15, 0.2) is 0 Å². The topological polar surface area (TPSA) is 21.3 Å². The van der Waals surface area contributed by atoms with E-state index in [-0.39, 0.29) is 11.1 Å². The maximum absolute atomic E-state index is 6.08. The third-order valence-electron chi connectivity index (χ3n) is 3.27. The van der Waals surface area contributed by atoms with Gasteiger partial charge in [-0.05, 0) is 59.5 Å². The van der Waals surface area contributed by atoms with Crippen LogP contribution in [0.1, 0.15) is 47.0 Å². The number of piperidine rings is 1. The van der Waals surface area contributed by atoms with Crippen LogP contribution in [0.2, 0.25) is 12.6 Å². The molecule has 5 heteroatoms. The van der Waals surface area contributed by atoms with E-state index < -0.39 is 6.69 Å². The monoisotopic (exact) mass is 311 g/mol. The minimum atomic E-state index is -1.95. The van der Waals surface area contributed by atoms with Gasteiger partial charge in [-0.1, -0.05) is 0 Å². The molecule has 0 aromatic heterocycles. The Morgan fingerprint density at radius 2 is 1.67 bits per heavy atom. The minimum Gasteiger partial charge on any atom is -0.378 e. The molecule has 0 unspecified atom stereocenters. The molecule has 0 saturated carbocycles. The molecule has 0 atom stereocenters. The molecule has 1 saturated heterocycles. The maximum atomic E-state index is 6.08. The molecule has 1 rings (SSSR count). The van der Waals surface area contributed by atoms with Crippen molar-refractivity contribution in [3.05, 3.63) is 0 Å². The SMILES string of the molecule is CC1(C)CC(OCCC[Si](C)(Cl)Cl)CC(C)(C)N1. The quantitative estimate of drug-likeness (QED) is 0.465. The predicted octanol–water partition coefficient (Wildman–Crippen LogP) is 4.25. The van der Waals surface area contributed by atoms with E-state index in [4.69, 9.17) is 26.9 Å². The molecule has 0 bridgehead atoms. The van der Waals surface area contributed by atoms with Crippen LogP contribution in [0.4, 0.5) is 0 Å². The lowest BCUT2D eigenvalue weighted by atomic mass is 9.81. The van der Waals surface area contributed by atoms with Crippen LogP contribution in [0.15, 0.2) is 0 Å². The zero-order valence-corrected chi connectivity index (χ0v) is 14.8. The highest BCUT2D eigenvalue weighted by Gasteiger charge is 2.38. The molecule has 0 spiro atoms. The molecule has 1 aliphatic heterocycles. The van der Waals surface area contributed by atoms with Crippen molar-refractivity contribution in [1.82, 2.24) is 5.32 Å². The van der Waals surface area contributed by atoms with Gasteiger partial charge in [0, 0.05) is 17.7 Å². The van der Waals surface area contributed by atoms with Crippen molar-refractivity contribution in [3.8, 4) is 0 Å². The molecule has 2 nitrogen and oxygen atoms in total. The Balaban J connectivity index is 2.34. The van der Waals surface area contributed by atoms with Gasteiger partial charge in [-0.25, -0.2) is 0 Å². The largest absolute Gasteiger partial charge is 0.378 e. The lowest BCUT2D eigenvalue weighted by molar-refractivity contribution is -0.0213. The fourth-order valence-electron chi connectivity index (χ4n) is 2.98. The number of ether oxygens (including phenoxy) is 1. The van der Waals surface area contributed by atoms with Gasteiger partial charge in [-0.2, -0.15) is 0 Å². The van der Waals surface area contributed by atoms with E-state index in [9.17, 15) is 0 Å². The van der Waals surface area contributed by atoms with Gasteiger partial charge in [0.2, 0.25) is 6.69 Å². The summed E-state index contributed by atoms with van der Waals surface area (Å²) in [6, 6.07) is 0.911. The molecule has 0 amide bonds. The van der Waals surface area contributed by atoms with E-state index in [0.29, 0.717) is 6.10 Å². The van der Waals surface area contributed by atoms with Crippen molar-refractivity contribution in [2.45, 2.75) is 76.7 Å². The van der Waals surface area contributed by atoms with Crippen molar-refractivity contribution in [3.63, 3.8) is 0 Å². The average molecular weight is 312 g/mol. The Morgan fingerprint density at radius 1 is 1.17 bits per heavy atom. The van der Waals surface area contributed by atoms with Crippen LogP contribution in [0.25, 0.3) is 0 Å². The van der Waals surface area contributed by atoms with Crippen LogP contribution in [-0.2, 0) is 4.74 Å². The summed E-state index contributed by atoms with van der Waals surface area (Å²) < 4.78 is 6.01. The van der Waals surface area contributed by atoms with Crippen LogP contribution < -0.4 is 5.32 Å². The first-order valence-electron chi connectivity index (χ1n) is 6.78. The average Bonchev–Trinajstić information content (AvgIpc) is 2.05. The van der Waals surface area contributed by atoms with Crippen molar-refractivity contribution < 1.29 is 4.74 Å².